The van der Waals surface area contributed by atoms with Crippen molar-refractivity contribution in [3.63, 3.8) is 0 Å². The molecule has 3 heteroatoms. The van der Waals surface area contributed by atoms with Gasteiger partial charge in [-0.2, -0.15) is 5.10 Å². The second kappa shape index (κ2) is 5.80. The molecule has 1 aromatic heterocycles. The Morgan fingerprint density at radius 2 is 1.90 bits per heavy atom. The monoisotopic (exact) mass is 271 g/mol. The van der Waals surface area contributed by atoms with E-state index in [0.717, 1.165) is 12.1 Å². The van der Waals surface area contributed by atoms with Crippen molar-refractivity contribution in [2.75, 3.05) is 6.54 Å². The molecule has 0 fully saturated rings. The van der Waals surface area contributed by atoms with Crippen LogP contribution in [0.1, 0.15) is 35.0 Å². The lowest BCUT2D eigenvalue weighted by Gasteiger charge is -2.11. The van der Waals surface area contributed by atoms with E-state index in [0.29, 0.717) is 12.5 Å². The first-order valence-corrected chi connectivity index (χ1v) is 7.26. The summed E-state index contributed by atoms with van der Waals surface area (Å²) in [6.45, 7) is 11.4. The van der Waals surface area contributed by atoms with Crippen LogP contribution in [0, 0.1) is 33.6 Å². The summed E-state index contributed by atoms with van der Waals surface area (Å²) in [6.07, 6.45) is 0.999. The number of benzene rings is 1. The largest absolute Gasteiger partial charge is 0.330 e. The van der Waals surface area contributed by atoms with Crippen LogP contribution in [-0.2, 0) is 6.42 Å². The Bertz CT molecular complexity index is 611. The molecular weight excluding hydrogens is 246 g/mol. The van der Waals surface area contributed by atoms with E-state index in [-0.39, 0.29) is 0 Å². The van der Waals surface area contributed by atoms with Crippen LogP contribution < -0.4 is 5.73 Å². The number of aryl methyl sites for hydroxylation is 3. The van der Waals surface area contributed by atoms with Gasteiger partial charge in [0, 0.05) is 5.69 Å². The summed E-state index contributed by atoms with van der Waals surface area (Å²) in [4.78, 5) is 0. The smallest absolute Gasteiger partial charge is 0.0678 e. The molecule has 0 radical (unpaired) electrons. The van der Waals surface area contributed by atoms with Crippen molar-refractivity contribution in [1.82, 2.24) is 9.78 Å². The van der Waals surface area contributed by atoms with Gasteiger partial charge in [0.15, 0.2) is 0 Å². The minimum atomic E-state index is 0.490. The fourth-order valence-corrected chi connectivity index (χ4v) is 2.68. The van der Waals surface area contributed by atoms with E-state index in [1.165, 1.54) is 28.1 Å². The predicted molar refractivity (Wildman–Crippen MR) is 84.4 cm³/mol. The summed E-state index contributed by atoms with van der Waals surface area (Å²) in [6, 6.07) is 6.50. The maximum Gasteiger partial charge on any atom is 0.0678 e. The molecule has 2 N–H and O–H groups in total. The van der Waals surface area contributed by atoms with E-state index in [9.17, 15) is 0 Å². The van der Waals surface area contributed by atoms with Gasteiger partial charge in [0.1, 0.15) is 0 Å². The number of nitrogens with zero attached hydrogens (tertiary/aromatic N) is 2. The Kier molecular flexibility index (Phi) is 4.29. The molecule has 1 aromatic carbocycles. The Labute approximate surface area is 121 Å². The molecule has 1 heterocycles. The molecule has 2 rings (SSSR count). The van der Waals surface area contributed by atoms with Gasteiger partial charge in [-0.15, -0.1) is 0 Å². The molecule has 1 atom stereocenters. The molecule has 0 bridgehead atoms. The van der Waals surface area contributed by atoms with Gasteiger partial charge in [-0.05, 0) is 63.8 Å². The van der Waals surface area contributed by atoms with Crippen molar-refractivity contribution in [3.8, 4) is 5.69 Å². The van der Waals surface area contributed by atoms with Gasteiger partial charge in [-0.3, -0.25) is 0 Å². The lowest BCUT2D eigenvalue weighted by Crippen LogP contribution is -2.14. The van der Waals surface area contributed by atoms with Crippen molar-refractivity contribution in [2.24, 2.45) is 11.7 Å². The van der Waals surface area contributed by atoms with Crippen LogP contribution in [0.15, 0.2) is 18.2 Å². The highest BCUT2D eigenvalue weighted by atomic mass is 15.3. The third kappa shape index (κ3) is 2.78. The Morgan fingerprint density at radius 3 is 2.50 bits per heavy atom. The highest BCUT2D eigenvalue weighted by Crippen LogP contribution is 2.23. The van der Waals surface area contributed by atoms with Gasteiger partial charge >= 0.3 is 0 Å². The topological polar surface area (TPSA) is 43.8 Å². The molecule has 3 nitrogen and oxygen atoms in total. The number of hydrogen-bond acceptors (Lipinski definition) is 2. The zero-order valence-electron chi connectivity index (χ0n) is 13.2. The quantitative estimate of drug-likeness (QED) is 0.927. The zero-order chi connectivity index (χ0) is 14.9. The highest BCUT2D eigenvalue weighted by molar-refractivity contribution is 5.44. The molecule has 0 aliphatic carbocycles. The van der Waals surface area contributed by atoms with Gasteiger partial charge in [-0.25, -0.2) is 4.68 Å². The van der Waals surface area contributed by atoms with Crippen LogP contribution in [0.4, 0.5) is 0 Å². The second-order valence-electron chi connectivity index (χ2n) is 5.90. The SMILES string of the molecule is Cc1ccc(-n2nc(C)c(CC(C)CN)c2C)c(C)c1. The minimum absolute atomic E-state index is 0.490. The molecule has 2 aromatic rings. The Balaban J connectivity index is 2.46. The maximum absolute atomic E-state index is 5.75. The third-order valence-corrected chi connectivity index (χ3v) is 3.98. The first-order valence-electron chi connectivity index (χ1n) is 7.26. The predicted octanol–water partition coefficient (Wildman–Crippen LogP) is 3.24. The molecule has 0 amide bonds. The molecule has 108 valence electrons. The lowest BCUT2D eigenvalue weighted by atomic mass is 10.00. The highest BCUT2D eigenvalue weighted by Gasteiger charge is 2.15. The molecule has 0 aliphatic heterocycles. The number of hydrogen-bond donors (Lipinski definition) is 1. The van der Waals surface area contributed by atoms with E-state index < -0.39 is 0 Å². The summed E-state index contributed by atoms with van der Waals surface area (Å²) < 4.78 is 2.07. The van der Waals surface area contributed by atoms with Crippen molar-refractivity contribution in [2.45, 2.75) is 41.0 Å². The molecule has 0 saturated carbocycles. The van der Waals surface area contributed by atoms with E-state index in [2.05, 4.69) is 57.5 Å². The van der Waals surface area contributed by atoms with Crippen molar-refractivity contribution in [3.05, 3.63) is 46.3 Å². The summed E-state index contributed by atoms with van der Waals surface area (Å²) in [5.41, 5.74) is 13.1. The van der Waals surface area contributed by atoms with Crippen LogP contribution in [0.25, 0.3) is 5.69 Å². The standard InChI is InChI=1S/C17H25N3/c1-11-6-7-17(13(3)8-11)20-15(5)16(14(4)19-20)9-12(2)10-18/h6-8,12H,9-10,18H2,1-5H3. The fourth-order valence-electron chi connectivity index (χ4n) is 2.68. The summed E-state index contributed by atoms with van der Waals surface area (Å²) in [5.74, 6) is 0.490. The minimum Gasteiger partial charge on any atom is -0.330 e. The average molecular weight is 271 g/mol. The van der Waals surface area contributed by atoms with Crippen molar-refractivity contribution < 1.29 is 0 Å². The molecule has 0 spiro atoms. The maximum atomic E-state index is 5.75. The van der Waals surface area contributed by atoms with Crippen LogP contribution >= 0.6 is 0 Å². The lowest BCUT2D eigenvalue weighted by molar-refractivity contribution is 0.589. The van der Waals surface area contributed by atoms with Crippen molar-refractivity contribution >= 4 is 0 Å². The van der Waals surface area contributed by atoms with Crippen LogP contribution in [-0.4, -0.2) is 16.3 Å². The molecule has 0 saturated heterocycles. The van der Waals surface area contributed by atoms with Crippen LogP contribution in [0.3, 0.4) is 0 Å². The fraction of sp³-hybridized carbons (Fsp3) is 0.471. The van der Waals surface area contributed by atoms with Gasteiger partial charge in [0.25, 0.3) is 0 Å². The molecule has 20 heavy (non-hydrogen) atoms. The van der Waals surface area contributed by atoms with Crippen LogP contribution in [0.2, 0.25) is 0 Å². The molecule has 1 unspecified atom stereocenters. The number of nitrogens with two attached hydrogens (primary N) is 1. The van der Waals surface area contributed by atoms with Gasteiger partial charge < -0.3 is 5.73 Å². The average Bonchev–Trinajstić information content (AvgIpc) is 2.66. The third-order valence-electron chi connectivity index (χ3n) is 3.98. The summed E-state index contributed by atoms with van der Waals surface area (Å²) >= 11 is 0. The van der Waals surface area contributed by atoms with Crippen molar-refractivity contribution in [1.29, 1.82) is 0 Å². The van der Waals surface area contributed by atoms with E-state index in [1.54, 1.807) is 0 Å². The number of aromatic nitrogens is 2. The van der Waals surface area contributed by atoms with Gasteiger partial charge in [0.2, 0.25) is 0 Å². The van der Waals surface area contributed by atoms with Gasteiger partial charge in [0.05, 0.1) is 11.4 Å². The Hall–Kier alpha value is -1.61. The second-order valence-corrected chi connectivity index (χ2v) is 5.90. The first-order chi connectivity index (χ1) is 9.43. The Morgan fingerprint density at radius 1 is 1.20 bits per heavy atom. The molecule has 0 aliphatic rings. The summed E-state index contributed by atoms with van der Waals surface area (Å²) in [5, 5.41) is 4.73. The van der Waals surface area contributed by atoms with E-state index in [4.69, 9.17) is 10.8 Å². The van der Waals surface area contributed by atoms with E-state index in [1.807, 2.05) is 0 Å². The van der Waals surface area contributed by atoms with Gasteiger partial charge in [-0.1, -0.05) is 24.6 Å². The summed E-state index contributed by atoms with van der Waals surface area (Å²) in [7, 11) is 0. The van der Waals surface area contributed by atoms with E-state index >= 15 is 0 Å². The normalized spacial score (nSPS) is 12.7. The zero-order valence-corrected chi connectivity index (χ0v) is 13.2. The first kappa shape index (κ1) is 14.8. The van der Waals surface area contributed by atoms with Crippen LogP contribution in [0.5, 0.6) is 0 Å². The molecular formula is C17H25N3. The number of rotatable bonds is 4.